The highest BCUT2D eigenvalue weighted by atomic mass is 33.1. The van der Waals surface area contributed by atoms with Crippen molar-refractivity contribution in [2.45, 2.75) is 95.0 Å². The Bertz CT molecular complexity index is 1160. The molecule has 1 saturated heterocycles. The molecule has 6 atom stereocenters. The van der Waals surface area contributed by atoms with Crippen molar-refractivity contribution in [2.24, 2.45) is 34.6 Å². The number of carboxylic acids is 1. The Kier molecular flexibility index (Phi) is 18.1. The molecule has 1 rings (SSSR count). The van der Waals surface area contributed by atoms with E-state index in [0.29, 0.717) is 6.42 Å². The van der Waals surface area contributed by atoms with Crippen LogP contribution in [0.4, 0.5) is 0 Å². The molecule has 266 valence electrons. The van der Waals surface area contributed by atoms with Crippen LogP contribution < -0.4 is 44.6 Å². The van der Waals surface area contributed by atoms with Crippen LogP contribution >= 0.6 is 21.6 Å². The summed E-state index contributed by atoms with van der Waals surface area (Å²) in [4.78, 5) is 100. The van der Waals surface area contributed by atoms with Gasteiger partial charge >= 0.3 is 5.97 Å². The summed E-state index contributed by atoms with van der Waals surface area (Å²) >= 11 is 0. The average Bonchev–Trinajstić information content (AvgIpc) is 3.48. The molecule has 0 radical (unpaired) electrons. The monoisotopic (exact) mass is 705 g/mol. The van der Waals surface area contributed by atoms with Gasteiger partial charge in [-0.15, -0.1) is 0 Å². The standard InChI is InChI=1S/C27H47N9O9S2/c1-13(2)10-17(22(32)39)34-25(42)19-4-3-9-36(19)26(43)18(12-47-46-11-15(29)27(44)45)35-24(41)16(6-8-21(31)38)33-23(40)14(28)5-7-20(30)37/h13-19H,3-12,28-29H2,1-2H3,(H2,30,37)(H2,31,38)(H2,32,39)(H,33,40)(H,34,42)(H,35,41)(H,44,45)/t14-,15-,16-,17-,18-,19-/m0/s1. The molecular weight excluding hydrogens is 658 g/mol. The second-order valence-corrected chi connectivity index (χ2v) is 14.1. The van der Waals surface area contributed by atoms with Crippen molar-refractivity contribution in [1.82, 2.24) is 20.9 Å². The largest absolute Gasteiger partial charge is 0.480 e. The fourth-order valence-corrected chi connectivity index (χ4v) is 6.78. The molecule has 14 N–H and O–H groups in total. The number of primary amides is 3. The fourth-order valence-electron chi connectivity index (χ4n) is 4.51. The zero-order chi connectivity index (χ0) is 35.8. The lowest BCUT2D eigenvalue weighted by molar-refractivity contribution is -0.142. The van der Waals surface area contributed by atoms with Crippen LogP contribution in [0.25, 0.3) is 0 Å². The normalized spacial score (nSPS) is 17.6. The first kappa shape index (κ1) is 41.4. The zero-order valence-electron chi connectivity index (χ0n) is 26.5. The van der Waals surface area contributed by atoms with Gasteiger partial charge in [-0.2, -0.15) is 0 Å². The number of carbonyl (C=O) groups excluding carboxylic acids is 7. The van der Waals surface area contributed by atoms with E-state index in [4.69, 9.17) is 33.8 Å². The van der Waals surface area contributed by atoms with E-state index in [9.17, 15) is 38.4 Å². The summed E-state index contributed by atoms with van der Waals surface area (Å²) in [5.41, 5.74) is 27.2. The van der Waals surface area contributed by atoms with Gasteiger partial charge in [0.1, 0.15) is 30.2 Å². The van der Waals surface area contributed by atoms with Gasteiger partial charge in [0.2, 0.25) is 41.4 Å². The van der Waals surface area contributed by atoms with Crippen LogP contribution in [0.3, 0.4) is 0 Å². The van der Waals surface area contributed by atoms with Crippen molar-refractivity contribution in [3.05, 3.63) is 0 Å². The number of nitrogens with zero attached hydrogens (tertiary/aromatic N) is 1. The summed E-state index contributed by atoms with van der Waals surface area (Å²) in [5, 5.41) is 16.7. The third kappa shape index (κ3) is 15.2. The third-order valence-corrected chi connectivity index (χ3v) is 9.50. The van der Waals surface area contributed by atoms with E-state index < -0.39 is 83.6 Å². The minimum atomic E-state index is -1.37. The van der Waals surface area contributed by atoms with Crippen molar-refractivity contribution in [2.75, 3.05) is 18.1 Å². The molecule has 0 aliphatic carbocycles. The van der Waals surface area contributed by atoms with Gasteiger partial charge in [0.25, 0.3) is 0 Å². The van der Waals surface area contributed by atoms with Gasteiger partial charge in [-0.25, -0.2) is 0 Å². The Morgan fingerprint density at radius 1 is 0.787 bits per heavy atom. The molecule has 1 fully saturated rings. The second-order valence-electron chi connectivity index (χ2n) is 11.5. The quantitative estimate of drug-likeness (QED) is 0.0393. The minimum absolute atomic E-state index is 0.0194. The zero-order valence-corrected chi connectivity index (χ0v) is 28.1. The Morgan fingerprint density at radius 2 is 1.36 bits per heavy atom. The van der Waals surface area contributed by atoms with Crippen molar-refractivity contribution in [1.29, 1.82) is 0 Å². The molecule has 18 nitrogen and oxygen atoms in total. The molecule has 0 aromatic heterocycles. The van der Waals surface area contributed by atoms with E-state index >= 15 is 0 Å². The Labute approximate surface area is 280 Å². The molecule has 20 heteroatoms. The summed E-state index contributed by atoms with van der Waals surface area (Å²) in [6, 6.07) is -6.97. The Morgan fingerprint density at radius 3 is 1.91 bits per heavy atom. The van der Waals surface area contributed by atoms with Crippen LogP contribution in [0.5, 0.6) is 0 Å². The van der Waals surface area contributed by atoms with Crippen molar-refractivity contribution in [3.8, 4) is 0 Å². The molecule has 7 amide bonds. The SMILES string of the molecule is CC(C)C[C@H](NC(=O)[C@@H]1CCCN1C(=O)[C@H](CSSC[C@H](N)C(=O)O)NC(=O)[C@H](CCC(N)=O)NC(=O)[C@@H](N)CCC(N)=O)C(N)=O. The van der Waals surface area contributed by atoms with E-state index in [-0.39, 0.29) is 62.5 Å². The van der Waals surface area contributed by atoms with Crippen LogP contribution in [0.2, 0.25) is 0 Å². The van der Waals surface area contributed by atoms with Gasteiger partial charge in [-0.05, 0) is 38.0 Å². The maximum Gasteiger partial charge on any atom is 0.321 e. The van der Waals surface area contributed by atoms with Gasteiger partial charge in [0, 0.05) is 30.9 Å². The van der Waals surface area contributed by atoms with Crippen LogP contribution in [0, 0.1) is 5.92 Å². The lowest BCUT2D eigenvalue weighted by atomic mass is 10.0. The van der Waals surface area contributed by atoms with Gasteiger partial charge in [0.15, 0.2) is 0 Å². The van der Waals surface area contributed by atoms with Crippen LogP contribution in [-0.4, -0.2) is 112 Å². The molecule has 0 bridgehead atoms. The molecule has 0 aromatic carbocycles. The number of nitrogens with two attached hydrogens (primary N) is 5. The summed E-state index contributed by atoms with van der Waals surface area (Å²) in [7, 11) is 2.10. The summed E-state index contributed by atoms with van der Waals surface area (Å²) in [6.45, 7) is 3.87. The van der Waals surface area contributed by atoms with E-state index in [2.05, 4.69) is 16.0 Å². The second kappa shape index (κ2) is 20.6. The van der Waals surface area contributed by atoms with Crippen LogP contribution in [0.15, 0.2) is 0 Å². The van der Waals surface area contributed by atoms with Crippen molar-refractivity contribution >= 4 is 68.9 Å². The lowest BCUT2D eigenvalue weighted by Crippen LogP contribution is -2.59. The van der Waals surface area contributed by atoms with Crippen LogP contribution in [-0.2, 0) is 38.4 Å². The Hall–Kier alpha value is -3.62. The Balaban J connectivity index is 3.22. The number of hydrogen-bond acceptors (Lipinski definition) is 12. The average molecular weight is 706 g/mol. The van der Waals surface area contributed by atoms with E-state index in [1.807, 2.05) is 13.8 Å². The van der Waals surface area contributed by atoms with Crippen molar-refractivity contribution in [3.63, 3.8) is 0 Å². The first-order valence-corrected chi connectivity index (χ1v) is 17.5. The maximum absolute atomic E-state index is 13.9. The first-order chi connectivity index (χ1) is 21.9. The highest BCUT2D eigenvalue weighted by molar-refractivity contribution is 8.76. The highest BCUT2D eigenvalue weighted by Crippen LogP contribution is 2.25. The number of carbonyl (C=O) groups is 8. The number of nitrogens with one attached hydrogen (secondary N) is 3. The van der Waals surface area contributed by atoms with E-state index in [1.165, 1.54) is 4.90 Å². The molecule has 1 aliphatic heterocycles. The number of aliphatic carboxylic acids is 1. The minimum Gasteiger partial charge on any atom is -0.480 e. The fraction of sp³-hybridized carbons (Fsp3) is 0.704. The predicted molar refractivity (Wildman–Crippen MR) is 175 cm³/mol. The predicted octanol–water partition coefficient (Wildman–Crippen LogP) is -3.39. The van der Waals surface area contributed by atoms with Gasteiger partial charge in [-0.3, -0.25) is 38.4 Å². The molecule has 1 heterocycles. The molecular formula is C27H47N9O9S2. The topological polar surface area (TPSA) is 326 Å². The smallest absolute Gasteiger partial charge is 0.321 e. The number of amides is 7. The number of carboxylic acid groups (broad SMARTS) is 1. The van der Waals surface area contributed by atoms with Gasteiger partial charge < -0.3 is 54.6 Å². The molecule has 0 spiro atoms. The third-order valence-electron chi connectivity index (χ3n) is 7.05. The highest BCUT2D eigenvalue weighted by Gasteiger charge is 2.39. The molecule has 0 saturated carbocycles. The number of rotatable bonds is 22. The van der Waals surface area contributed by atoms with Crippen molar-refractivity contribution < 1.29 is 43.5 Å². The number of likely N-dealkylation sites (tertiary alicyclic amines) is 1. The van der Waals surface area contributed by atoms with E-state index in [1.54, 1.807) is 0 Å². The molecule has 0 unspecified atom stereocenters. The number of hydrogen-bond donors (Lipinski definition) is 9. The maximum atomic E-state index is 13.9. The summed E-state index contributed by atoms with van der Waals surface area (Å²) in [5.74, 6) is -6.38. The molecule has 0 aromatic rings. The first-order valence-electron chi connectivity index (χ1n) is 15.0. The van der Waals surface area contributed by atoms with Crippen LogP contribution in [0.1, 0.15) is 58.8 Å². The summed E-state index contributed by atoms with van der Waals surface area (Å²) < 4.78 is 0. The van der Waals surface area contributed by atoms with Gasteiger partial charge in [-0.1, -0.05) is 35.4 Å². The lowest BCUT2D eigenvalue weighted by Gasteiger charge is -2.30. The molecule has 47 heavy (non-hydrogen) atoms. The summed E-state index contributed by atoms with van der Waals surface area (Å²) in [6.07, 6.45) is 0.170. The van der Waals surface area contributed by atoms with Gasteiger partial charge in [0.05, 0.1) is 6.04 Å². The molecule has 1 aliphatic rings. The van der Waals surface area contributed by atoms with E-state index in [0.717, 1.165) is 21.6 Å².